The molecule has 4 aromatic rings. The quantitative estimate of drug-likeness (QED) is 0.232. The van der Waals surface area contributed by atoms with E-state index < -0.39 is 16.0 Å². The van der Waals surface area contributed by atoms with Crippen molar-refractivity contribution in [3.63, 3.8) is 0 Å². The molecule has 0 spiro atoms. The van der Waals surface area contributed by atoms with E-state index >= 15 is 0 Å². The lowest BCUT2D eigenvalue weighted by molar-refractivity contribution is 0.481. The van der Waals surface area contributed by atoms with Gasteiger partial charge in [-0.05, 0) is 35.1 Å². The Morgan fingerprint density at radius 1 is 1.17 bits per heavy atom. The van der Waals surface area contributed by atoms with Crippen molar-refractivity contribution in [1.29, 1.82) is 5.26 Å². The average Bonchev–Trinajstić information content (AvgIpc) is 3.29. The molecule has 3 heterocycles. The molecule has 2 atom stereocenters. The molecule has 0 aliphatic rings. The van der Waals surface area contributed by atoms with Gasteiger partial charge in [0.2, 0.25) is 0 Å². The summed E-state index contributed by atoms with van der Waals surface area (Å²) in [6, 6.07) is 9.88. The van der Waals surface area contributed by atoms with E-state index in [1.807, 2.05) is 31.0 Å². The van der Waals surface area contributed by atoms with Gasteiger partial charge >= 0.3 is 0 Å². The van der Waals surface area contributed by atoms with Gasteiger partial charge in [-0.2, -0.15) is 10.4 Å². The number of rotatable bonds is 11. The Morgan fingerprint density at radius 3 is 2.61 bits per heavy atom. The van der Waals surface area contributed by atoms with Crippen molar-refractivity contribution < 1.29 is 8.42 Å². The summed E-state index contributed by atoms with van der Waals surface area (Å²) >= 11 is 6.33. The van der Waals surface area contributed by atoms with Gasteiger partial charge < -0.3 is 16.0 Å². The molecule has 0 fully saturated rings. The minimum absolute atomic E-state index is 0.000373. The first kappa shape index (κ1) is 30.2. The molecule has 0 aliphatic carbocycles. The summed E-state index contributed by atoms with van der Waals surface area (Å²) in [5, 5.41) is 18.5. The number of pyridine rings is 1. The summed E-state index contributed by atoms with van der Waals surface area (Å²) in [6.07, 6.45) is 6.17. The van der Waals surface area contributed by atoms with Crippen molar-refractivity contribution in [2.45, 2.75) is 45.8 Å². The molecule has 0 saturated heterocycles. The monoisotopic (exact) mass is 595 g/mol. The molecule has 216 valence electrons. The van der Waals surface area contributed by atoms with Crippen LogP contribution in [-0.4, -0.2) is 58.4 Å². The molecule has 0 saturated carbocycles. The van der Waals surface area contributed by atoms with Crippen LogP contribution < -0.4 is 16.0 Å². The molecule has 4 rings (SSSR count). The van der Waals surface area contributed by atoms with Crippen LogP contribution in [0.15, 0.2) is 42.9 Å². The average molecular weight is 596 g/mol. The molecule has 0 aliphatic heterocycles. The minimum atomic E-state index is -3.17. The van der Waals surface area contributed by atoms with Gasteiger partial charge in [0.25, 0.3) is 0 Å². The maximum atomic E-state index is 11.9. The highest BCUT2D eigenvalue weighted by molar-refractivity contribution is 7.90. The molecule has 41 heavy (non-hydrogen) atoms. The Hall–Kier alpha value is -3.79. The van der Waals surface area contributed by atoms with Gasteiger partial charge in [0.15, 0.2) is 11.0 Å². The largest absolute Gasteiger partial charge is 0.358 e. The number of halogens is 1. The summed E-state index contributed by atoms with van der Waals surface area (Å²) in [4.78, 5) is 15.5. The van der Waals surface area contributed by atoms with Gasteiger partial charge in [-0.15, -0.1) is 0 Å². The Balaban J connectivity index is 1.66. The van der Waals surface area contributed by atoms with Crippen LogP contribution in [0.5, 0.6) is 0 Å². The predicted octanol–water partition coefficient (Wildman–Crippen LogP) is 4.72. The van der Waals surface area contributed by atoms with Crippen LogP contribution in [0.1, 0.15) is 38.7 Å². The second-order valence-corrected chi connectivity index (χ2v) is 13.1. The Bertz CT molecular complexity index is 1700. The highest BCUT2D eigenvalue weighted by Crippen LogP contribution is 2.35. The van der Waals surface area contributed by atoms with E-state index in [4.69, 9.17) is 22.6 Å². The third-order valence-electron chi connectivity index (χ3n) is 6.83. The van der Waals surface area contributed by atoms with Crippen LogP contribution >= 0.6 is 11.6 Å². The van der Waals surface area contributed by atoms with E-state index in [1.54, 1.807) is 29.3 Å². The van der Waals surface area contributed by atoms with E-state index in [0.29, 0.717) is 36.0 Å². The van der Waals surface area contributed by atoms with Crippen molar-refractivity contribution in [1.82, 2.24) is 24.7 Å². The number of fused-ring (bicyclic) bond motifs is 1. The second kappa shape index (κ2) is 12.4. The van der Waals surface area contributed by atoms with Crippen LogP contribution in [0.2, 0.25) is 5.15 Å². The van der Waals surface area contributed by atoms with Gasteiger partial charge in [-0.1, -0.05) is 38.4 Å². The van der Waals surface area contributed by atoms with E-state index in [1.165, 1.54) is 6.26 Å². The molecule has 0 unspecified atom stereocenters. The summed E-state index contributed by atoms with van der Waals surface area (Å²) in [5.74, 6) is 1.48. The number of aromatic nitrogens is 5. The molecule has 0 amide bonds. The molecule has 13 heteroatoms. The fourth-order valence-corrected chi connectivity index (χ4v) is 6.14. The van der Waals surface area contributed by atoms with Gasteiger partial charge in [0.1, 0.15) is 21.5 Å². The molecule has 11 nitrogen and oxygen atoms in total. The van der Waals surface area contributed by atoms with Crippen molar-refractivity contribution in [3.8, 4) is 17.5 Å². The lowest BCUT2D eigenvalue weighted by Gasteiger charge is -2.32. The fraction of sp³-hybridized carbons (Fsp3) is 0.393. The number of nitriles is 1. The lowest BCUT2D eigenvalue weighted by Crippen LogP contribution is -2.46. The maximum absolute atomic E-state index is 11.9. The van der Waals surface area contributed by atoms with Crippen LogP contribution in [0.3, 0.4) is 0 Å². The first-order chi connectivity index (χ1) is 19.4. The van der Waals surface area contributed by atoms with E-state index in [0.717, 1.165) is 22.0 Å². The molecule has 3 aromatic heterocycles. The molecular formula is C28H34ClN9O2S. The SMILES string of the molecule is CC(C)c1ccc(N(C)[C@H](N)[C@H](C)CS(C)(=O)=O)c2cnc(Nc3ccnc(-c4cn(CCC#N)nc4Cl)n3)cc12. The number of nitrogens with one attached hydrogen (secondary N) is 1. The second-order valence-electron chi connectivity index (χ2n) is 10.5. The highest BCUT2D eigenvalue weighted by Gasteiger charge is 2.24. The van der Waals surface area contributed by atoms with E-state index in [9.17, 15) is 8.42 Å². The first-order valence-electron chi connectivity index (χ1n) is 13.2. The Kier molecular flexibility index (Phi) is 9.11. The smallest absolute Gasteiger partial charge is 0.166 e. The number of hydrogen-bond donors (Lipinski definition) is 2. The predicted molar refractivity (Wildman–Crippen MR) is 163 cm³/mol. The van der Waals surface area contributed by atoms with Crippen LogP contribution in [0.4, 0.5) is 17.3 Å². The fourth-order valence-electron chi connectivity index (χ4n) is 4.76. The molecule has 1 aromatic carbocycles. The van der Waals surface area contributed by atoms with Crippen molar-refractivity contribution in [2.75, 3.05) is 29.3 Å². The van der Waals surface area contributed by atoms with Crippen molar-refractivity contribution in [3.05, 3.63) is 53.6 Å². The zero-order valence-electron chi connectivity index (χ0n) is 23.7. The topological polar surface area (TPSA) is 156 Å². The lowest BCUT2D eigenvalue weighted by atomic mass is 9.95. The maximum Gasteiger partial charge on any atom is 0.166 e. The summed E-state index contributed by atoms with van der Waals surface area (Å²) in [5.41, 5.74) is 9.07. The highest BCUT2D eigenvalue weighted by atomic mass is 35.5. The number of nitrogens with zero attached hydrogens (tertiary/aromatic N) is 7. The number of nitrogens with two attached hydrogens (primary N) is 1. The standard InChI is InChI=1S/C28H34ClN9O2S/c1-17(2)19-7-8-23(37(4)27(31)18(3)16-41(5,39)40)21-14-33-25(13-20(19)21)34-24-9-11-32-28(35-24)22-15-38(12-6-10-30)36-26(22)29/h7-9,11,13-15,17-18,27H,6,12,16,31H2,1-5H3,(H,32,33,34,35)/t18-,27+/m1/s1. The van der Waals surface area contributed by atoms with Gasteiger partial charge in [-0.25, -0.2) is 23.4 Å². The number of anilines is 3. The van der Waals surface area contributed by atoms with Gasteiger partial charge in [0, 0.05) is 48.9 Å². The Morgan fingerprint density at radius 2 is 1.93 bits per heavy atom. The van der Waals surface area contributed by atoms with E-state index in [-0.39, 0.29) is 22.7 Å². The normalized spacial score (nSPS) is 13.2. The summed E-state index contributed by atoms with van der Waals surface area (Å²) in [7, 11) is -1.30. The van der Waals surface area contributed by atoms with E-state index in [2.05, 4.69) is 51.4 Å². The van der Waals surface area contributed by atoms with Gasteiger partial charge in [-0.3, -0.25) is 4.68 Å². The van der Waals surface area contributed by atoms with Crippen LogP contribution in [0, 0.1) is 17.2 Å². The van der Waals surface area contributed by atoms with Gasteiger partial charge in [0.05, 0.1) is 36.5 Å². The summed E-state index contributed by atoms with van der Waals surface area (Å²) in [6.45, 7) is 6.52. The van der Waals surface area contributed by atoms with Crippen LogP contribution in [-0.2, 0) is 16.4 Å². The summed E-state index contributed by atoms with van der Waals surface area (Å²) < 4.78 is 25.3. The first-order valence-corrected chi connectivity index (χ1v) is 15.6. The van der Waals surface area contributed by atoms with Crippen LogP contribution in [0.25, 0.3) is 22.2 Å². The van der Waals surface area contributed by atoms with Crippen molar-refractivity contribution >= 4 is 49.5 Å². The zero-order valence-corrected chi connectivity index (χ0v) is 25.3. The number of hydrogen-bond acceptors (Lipinski definition) is 10. The number of benzene rings is 1. The molecule has 0 bridgehead atoms. The zero-order chi connectivity index (χ0) is 29.9. The third kappa shape index (κ3) is 7.11. The molecule has 3 N–H and O–H groups in total. The Labute approximate surface area is 245 Å². The number of aryl methyl sites for hydroxylation is 1. The van der Waals surface area contributed by atoms with Crippen molar-refractivity contribution in [2.24, 2.45) is 11.7 Å². The molecule has 0 radical (unpaired) electrons. The molecular weight excluding hydrogens is 562 g/mol. The third-order valence-corrected chi connectivity index (χ3v) is 8.24. The number of sulfone groups is 1. The minimum Gasteiger partial charge on any atom is -0.358 e.